The van der Waals surface area contributed by atoms with Crippen LogP contribution in [0.4, 0.5) is 0 Å². The number of halogens is 1. The Labute approximate surface area is 101 Å². The fraction of sp³-hybridized carbons (Fsp3) is 0. The molecule has 7 heteroatoms. The number of carboxylic acids is 1. The van der Waals surface area contributed by atoms with Crippen molar-refractivity contribution in [3.05, 3.63) is 41.6 Å². The summed E-state index contributed by atoms with van der Waals surface area (Å²) in [6, 6.07) is 1.49. The first-order valence-corrected chi connectivity index (χ1v) is 4.87. The van der Waals surface area contributed by atoms with Crippen LogP contribution in [0.2, 0.25) is 5.02 Å². The van der Waals surface area contributed by atoms with E-state index in [-0.39, 0.29) is 11.6 Å². The summed E-state index contributed by atoms with van der Waals surface area (Å²) >= 11 is 5.72. The predicted molar refractivity (Wildman–Crippen MR) is 58.3 cm³/mol. The van der Waals surface area contributed by atoms with Gasteiger partial charge in [-0.3, -0.25) is 4.98 Å². The molecule has 0 aliphatic carbocycles. The van der Waals surface area contributed by atoms with Gasteiger partial charge in [0.15, 0.2) is 0 Å². The number of pyridine rings is 1. The standard InChI is InChI=1S/C10H6ClN3O3/c11-6-3-7(5-12-4-6)17-9-8(10(15)16)13-1-2-14-9/h1-5H,(H,15,16). The summed E-state index contributed by atoms with van der Waals surface area (Å²) in [4.78, 5) is 22.1. The van der Waals surface area contributed by atoms with E-state index in [1.807, 2.05) is 0 Å². The minimum atomic E-state index is -1.22. The molecule has 0 aromatic carbocycles. The molecule has 0 radical (unpaired) electrons. The molecule has 2 aromatic heterocycles. The van der Waals surface area contributed by atoms with Crippen LogP contribution in [-0.2, 0) is 0 Å². The van der Waals surface area contributed by atoms with Crippen molar-refractivity contribution in [2.75, 3.05) is 0 Å². The van der Waals surface area contributed by atoms with E-state index >= 15 is 0 Å². The lowest BCUT2D eigenvalue weighted by Crippen LogP contribution is -2.04. The molecule has 6 nitrogen and oxygen atoms in total. The Hall–Kier alpha value is -2.21. The summed E-state index contributed by atoms with van der Waals surface area (Å²) in [5, 5.41) is 9.25. The topological polar surface area (TPSA) is 85.2 Å². The van der Waals surface area contributed by atoms with E-state index in [2.05, 4.69) is 15.0 Å². The number of aromatic nitrogens is 3. The zero-order valence-electron chi connectivity index (χ0n) is 8.37. The largest absolute Gasteiger partial charge is 0.476 e. The van der Waals surface area contributed by atoms with Crippen molar-refractivity contribution in [2.24, 2.45) is 0 Å². The highest BCUT2D eigenvalue weighted by Crippen LogP contribution is 2.22. The Morgan fingerprint density at radius 1 is 1.29 bits per heavy atom. The molecule has 0 spiro atoms. The molecule has 2 rings (SSSR count). The fourth-order valence-corrected chi connectivity index (χ4v) is 1.27. The van der Waals surface area contributed by atoms with Crippen LogP contribution in [0.5, 0.6) is 11.6 Å². The van der Waals surface area contributed by atoms with E-state index in [1.54, 1.807) is 0 Å². The van der Waals surface area contributed by atoms with Crippen molar-refractivity contribution in [1.82, 2.24) is 15.0 Å². The van der Waals surface area contributed by atoms with Gasteiger partial charge in [-0.25, -0.2) is 14.8 Å². The van der Waals surface area contributed by atoms with Crippen LogP contribution in [0.15, 0.2) is 30.9 Å². The third kappa shape index (κ3) is 2.67. The van der Waals surface area contributed by atoms with Gasteiger partial charge in [0.1, 0.15) is 5.75 Å². The minimum absolute atomic E-state index is 0.107. The van der Waals surface area contributed by atoms with Crippen molar-refractivity contribution in [3.63, 3.8) is 0 Å². The van der Waals surface area contributed by atoms with E-state index in [9.17, 15) is 4.79 Å². The first kappa shape index (κ1) is 11.3. The number of aromatic carboxylic acids is 1. The van der Waals surface area contributed by atoms with E-state index in [0.717, 1.165) is 0 Å². The monoisotopic (exact) mass is 251 g/mol. The van der Waals surface area contributed by atoms with Gasteiger partial charge >= 0.3 is 5.97 Å². The zero-order valence-corrected chi connectivity index (χ0v) is 9.13. The number of ether oxygens (including phenoxy) is 1. The summed E-state index contributed by atoms with van der Waals surface area (Å²) in [6.07, 6.45) is 5.43. The van der Waals surface area contributed by atoms with E-state index in [4.69, 9.17) is 21.4 Å². The Balaban J connectivity index is 2.33. The molecule has 0 atom stereocenters. The molecular formula is C10H6ClN3O3. The summed E-state index contributed by atoms with van der Waals surface area (Å²) in [6.45, 7) is 0. The number of nitrogens with zero attached hydrogens (tertiary/aromatic N) is 3. The van der Waals surface area contributed by atoms with Gasteiger partial charge in [-0.05, 0) is 0 Å². The molecular weight excluding hydrogens is 246 g/mol. The SMILES string of the molecule is O=C(O)c1nccnc1Oc1cncc(Cl)c1. The molecule has 0 saturated carbocycles. The number of carboxylic acid groups (broad SMARTS) is 1. The van der Waals surface area contributed by atoms with Crippen LogP contribution in [0, 0.1) is 0 Å². The number of hydrogen-bond acceptors (Lipinski definition) is 5. The highest BCUT2D eigenvalue weighted by molar-refractivity contribution is 6.30. The second-order valence-electron chi connectivity index (χ2n) is 2.96. The first-order valence-electron chi connectivity index (χ1n) is 4.49. The molecule has 86 valence electrons. The summed E-state index contributed by atoms with van der Waals surface area (Å²) in [5.74, 6) is -1.03. The van der Waals surface area contributed by atoms with E-state index in [0.29, 0.717) is 10.8 Å². The second-order valence-corrected chi connectivity index (χ2v) is 3.39. The summed E-state index contributed by atoms with van der Waals surface area (Å²) in [7, 11) is 0. The predicted octanol–water partition coefficient (Wildman–Crippen LogP) is 2.02. The van der Waals surface area contributed by atoms with Gasteiger partial charge < -0.3 is 9.84 Å². The van der Waals surface area contributed by atoms with Gasteiger partial charge in [0.2, 0.25) is 5.69 Å². The normalized spacial score (nSPS) is 9.94. The molecule has 0 fully saturated rings. The van der Waals surface area contributed by atoms with E-state index < -0.39 is 5.97 Å². The Morgan fingerprint density at radius 2 is 2.06 bits per heavy atom. The van der Waals surface area contributed by atoms with Crippen LogP contribution in [-0.4, -0.2) is 26.0 Å². The van der Waals surface area contributed by atoms with E-state index in [1.165, 1.54) is 30.9 Å². The molecule has 1 N–H and O–H groups in total. The number of rotatable bonds is 3. The maximum Gasteiger partial charge on any atom is 0.360 e. The molecule has 17 heavy (non-hydrogen) atoms. The molecule has 0 aliphatic heterocycles. The average Bonchev–Trinajstić information content (AvgIpc) is 2.29. The zero-order chi connectivity index (χ0) is 12.3. The molecule has 0 saturated heterocycles. The quantitative estimate of drug-likeness (QED) is 0.898. The Bertz CT molecular complexity index is 562. The van der Waals surface area contributed by atoms with Crippen molar-refractivity contribution >= 4 is 17.6 Å². The van der Waals surface area contributed by atoms with Crippen molar-refractivity contribution < 1.29 is 14.6 Å². The Kier molecular flexibility index (Phi) is 3.15. The molecule has 0 bridgehead atoms. The molecule has 0 aliphatic rings. The van der Waals surface area contributed by atoms with Crippen molar-refractivity contribution in [1.29, 1.82) is 0 Å². The van der Waals surface area contributed by atoms with Crippen molar-refractivity contribution in [3.8, 4) is 11.6 Å². The van der Waals surface area contributed by atoms with Crippen molar-refractivity contribution in [2.45, 2.75) is 0 Å². The number of hydrogen-bond donors (Lipinski definition) is 1. The third-order valence-corrected chi connectivity index (χ3v) is 1.97. The summed E-state index contributed by atoms with van der Waals surface area (Å²) in [5.41, 5.74) is -0.271. The van der Waals surface area contributed by atoms with Crippen LogP contribution in [0.3, 0.4) is 0 Å². The maximum atomic E-state index is 10.9. The molecule has 2 aromatic rings. The maximum absolute atomic E-state index is 10.9. The van der Waals surface area contributed by atoms with Crippen LogP contribution in [0.1, 0.15) is 10.5 Å². The second kappa shape index (κ2) is 4.75. The van der Waals surface area contributed by atoms with Gasteiger partial charge in [-0.2, -0.15) is 0 Å². The lowest BCUT2D eigenvalue weighted by atomic mass is 10.4. The summed E-state index contributed by atoms with van der Waals surface area (Å²) < 4.78 is 5.25. The first-order chi connectivity index (χ1) is 8.16. The fourth-order valence-electron chi connectivity index (χ4n) is 1.11. The highest BCUT2D eigenvalue weighted by Gasteiger charge is 2.14. The highest BCUT2D eigenvalue weighted by atomic mass is 35.5. The van der Waals surface area contributed by atoms with Gasteiger partial charge in [0.05, 0.1) is 11.2 Å². The molecule has 0 amide bonds. The smallest absolute Gasteiger partial charge is 0.360 e. The average molecular weight is 252 g/mol. The van der Waals surface area contributed by atoms with Gasteiger partial charge in [0.25, 0.3) is 5.88 Å². The van der Waals surface area contributed by atoms with Gasteiger partial charge in [0, 0.05) is 24.7 Å². The lowest BCUT2D eigenvalue weighted by molar-refractivity contribution is 0.0686. The van der Waals surface area contributed by atoms with Gasteiger partial charge in [-0.1, -0.05) is 11.6 Å². The molecule has 0 unspecified atom stereocenters. The Morgan fingerprint density at radius 3 is 2.76 bits per heavy atom. The van der Waals surface area contributed by atoms with Crippen LogP contribution < -0.4 is 4.74 Å². The lowest BCUT2D eigenvalue weighted by Gasteiger charge is -2.05. The molecule has 2 heterocycles. The van der Waals surface area contributed by atoms with Gasteiger partial charge in [-0.15, -0.1) is 0 Å². The van der Waals surface area contributed by atoms with Crippen LogP contribution >= 0.6 is 11.6 Å². The third-order valence-electron chi connectivity index (χ3n) is 1.76. The number of carbonyl (C=O) groups is 1. The van der Waals surface area contributed by atoms with Crippen LogP contribution in [0.25, 0.3) is 0 Å². The minimum Gasteiger partial charge on any atom is -0.476 e.